The first-order valence-electron chi connectivity index (χ1n) is 6.11. The number of hydrogen-bond donors (Lipinski definition) is 2. The number of nitrogens with one attached hydrogen (secondary N) is 1. The van der Waals surface area contributed by atoms with Crippen LogP contribution >= 0.6 is 0 Å². The summed E-state index contributed by atoms with van der Waals surface area (Å²) in [5.41, 5.74) is 4.65. The third kappa shape index (κ3) is 2.89. The summed E-state index contributed by atoms with van der Waals surface area (Å²) in [5, 5.41) is 24.8. The molecule has 1 aromatic carbocycles. The lowest BCUT2D eigenvalue weighted by atomic mass is 10.1. The van der Waals surface area contributed by atoms with Gasteiger partial charge in [0.05, 0.1) is 15.9 Å². The summed E-state index contributed by atoms with van der Waals surface area (Å²) in [5.74, 6) is -0.616. The average molecular weight is 295 g/mol. The number of nitrogens with two attached hydrogens (primary N) is 1. The molecule has 0 aromatic heterocycles. The quantitative estimate of drug-likeness (QED) is 0.576. The van der Waals surface area contributed by atoms with E-state index in [4.69, 9.17) is 5.73 Å². The van der Waals surface area contributed by atoms with Crippen molar-refractivity contribution in [2.24, 2.45) is 5.73 Å². The standard InChI is InChI=1S/C11H13N5O5/c12-11(17)10-6-13-3-4-14(10)8-2-1-7(15(18)19)5-9(8)16(20)21/h1-2,5,10,13H,3-4,6H2,(H2,12,17). The number of hydrogen-bond acceptors (Lipinski definition) is 7. The maximum atomic E-state index is 11.5. The Bertz CT molecular complexity index is 605. The Labute approximate surface area is 118 Å². The maximum Gasteiger partial charge on any atom is 0.299 e. The van der Waals surface area contributed by atoms with E-state index in [9.17, 15) is 25.0 Å². The van der Waals surface area contributed by atoms with E-state index in [1.165, 1.54) is 17.0 Å². The molecule has 0 aliphatic carbocycles. The van der Waals surface area contributed by atoms with Gasteiger partial charge in [-0.3, -0.25) is 25.0 Å². The normalized spacial score (nSPS) is 18.3. The fraction of sp³-hybridized carbons (Fsp3) is 0.364. The minimum Gasteiger partial charge on any atom is -0.368 e. The molecule has 0 bridgehead atoms. The van der Waals surface area contributed by atoms with Crippen LogP contribution in [0.2, 0.25) is 0 Å². The van der Waals surface area contributed by atoms with Crippen LogP contribution < -0.4 is 16.0 Å². The first-order chi connectivity index (χ1) is 9.91. The molecule has 1 unspecified atom stereocenters. The summed E-state index contributed by atoms with van der Waals surface area (Å²) in [7, 11) is 0. The fourth-order valence-corrected chi connectivity index (χ4v) is 2.26. The summed E-state index contributed by atoms with van der Waals surface area (Å²) >= 11 is 0. The largest absolute Gasteiger partial charge is 0.368 e. The van der Waals surface area contributed by atoms with Gasteiger partial charge in [0.15, 0.2) is 0 Å². The highest BCUT2D eigenvalue weighted by Crippen LogP contribution is 2.33. The van der Waals surface area contributed by atoms with Gasteiger partial charge in [-0.1, -0.05) is 0 Å². The van der Waals surface area contributed by atoms with Crippen LogP contribution in [-0.4, -0.2) is 41.4 Å². The van der Waals surface area contributed by atoms with Crippen LogP contribution in [0.3, 0.4) is 0 Å². The number of nitro benzene ring substituents is 2. The Kier molecular flexibility index (Phi) is 3.98. The zero-order chi connectivity index (χ0) is 15.6. The molecule has 1 amide bonds. The van der Waals surface area contributed by atoms with Gasteiger partial charge in [0, 0.05) is 25.7 Å². The second kappa shape index (κ2) is 5.71. The molecular formula is C11H13N5O5. The number of piperazine rings is 1. The van der Waals surface area contributed by atoms with E-state index in [2.05, 4.69) is 5.32 Å². The number of non-ortho nitro benzene ring substituents is 1. The van der Waals surface area contributed by atoms with Gasteiger partial charge in [-0.05, 0) is 6.07 Å². The molecule has 0 spiro atoms. The van der Waals surface area contributed by atoms with Crippen LogP contribution in [0.1, 0.15) is 0 Å². The molecule has 1 fully saturated rings. The molecule has 10 heteroatoms. The molecular weight excluding hydrogens is 282 g/mol. The summed E-state index contributed by atoms with van der Waals surface area (Å²) in [6.07, 6.45) is 0. The summed E-state index contributed by atoms with van der Waals surface area (Å²) in [6.45, 7) is 1.13. The minimum absolute atomic E-state index is 0.149. The Morgan fingerprint density at radius 2 is 2.05 bits per heavy atom. The lowest BCUT2D eigenvalue weighted by Gasteiger charge is -2.35. The zero-order valence-electron chi connectivity index (χ0n) is 10.9. The van der Waals surface area contributed by atoms with E-state index < -0.39 is 27.5 Å². The van der Waals surface area contributed by atoms with E-state index in [1.54, 1.807) is 0 Å². The van der Waals surface area contributed by atoms with Crippen molar-refractivity contribution < 1.29 is 14.6 Å². The second-order valence-electron chi connectivity index (χ2n) is 4.50. The van der Waals surface area contributed by atoms with Gasteiger partial charge in [0.25, 0.3) is 11.4 Å². The van der Waals surface area contributed by atoms with Crippen molar-refractivity contribution in [1.82, 2.24) is 5.32 Å². The van der Waals surface area contributed by atoms with Crippen molar-refractivity contribution in [3.63, 3.8) is 0 Å². The van der Waals surface area contributed by atoms with Gasteiger partial charge in [-0.15, -0.1) is 0 Å². The summed E-state index contributed by atoms with van der Waals surface area (Å²) in [4.78, 5) is 33.4. The molecule has 0 radical (unpaired) electrons. The van der Waals surface area contributed by atoms with Crippen LogP contribution in [0.15, 0.2) is 18.2 Å². The Balaban J connectivity index is 2.48. The molecule has 1 aliphatic heterocycles. The van der Waals surface area contributed by atoms with Gasteiger partial charge < -0.3 is 16.0 Å². The number of nitrogens with zero attached hydrogens (tertiary/aromatic N) is 3. The Morgan fingerprint density at radius 3 is 2.62 bits per heavy atom. The van der Waals surface area contributed by atoms with Crippen LogP contribution in [0, 0.1) is 20.2 Å². The predicted molar refractivity (Wildman–Crippen MR) is 72.9 cm³/mol. The van der Waals surface area contributed by atoms with Gasteiger partial charge in [0.1, 0.15) is 11.7 Å². The monoisotopic (exact) mass is 295 g/mol. The number of primary amides is 1. The molecule has 1 heterocycles. The third-order valence-electron chi connectivity index (χ3n) is 3.25. The second-order valence-corrected chi connectivity index (χ2v) is 4.50. The summed E-state index contributed by atoms with van der Waals surface area (Å²) in [6, 6.07) is 2.59. The molecule has 112 valence electrons. The topological polar surface area (TPSA) is 145 Å². The number of amides is 1. The van der Waals surface area contributed by atoms with Gasteiger partial charge in [-0.2, -0.15) is 0 Å². The van der Waals surface area contributed by atoms with Crippen molar-refractivity contribution >= 4 is 23.0 Å². The highest BCUT2D eigenvalue weighted by molar-refractivity contribution is 5.85. The number of nitro groups is 2. The van der Waals surface area contributed by atoms with Crippen molar-refractivity contribution in [2.75, 3.05) is 24.5 Å². The highest BCUT2D eigenvalue weighted by Gasteiger charge is 2.32. The number of carbonyl (C=O) groups is 1. The van der Waals surface area contributed by atoms with Crippen LogP contribution in [-0.2, 0) is 4.79 Å². The third-order valence-corrected chi connectivity index (χ3v) is 3.25. The first kappa shape index (κ1) is 14.7. The summed E-state index contributed by atoms with van der Waals surface area (Å²) < 4.78 is 0. The van der Waals surface area contributed by atoms with E-state index in [0.29, 0.717) is 13.1 Å². The molecule has 10 nitrogen and oxygen atoms in total. The predicted octanol–water partition coefficient (Wildman–Crippen LogP) is -0.233. The molecule has 1 saturated heterocycles. The molecule has 1 aliphatic rings. The van der Waals surface area contributed by atoms with Crippen molar-refractivity contribution in [3.05, 3.63) is 38.4 Å². The molecule has 3 N–H and O–H groups in total. The average Bonchev–Trinajstić information content (AvgIpc) is 2.46. The van der Waals surface area contributed by atoms with Gasteiger partial charge >= 0.3 is 0 Å². The van der Waals surface area contributed by atoms with Crippen molar-refractivity contribution in [2.45, 2.75) is 6.04 Å². The van der Waals surface area contributed by atoms with E-state index in [1.807, 2.05) is 0 Å². The van der Waals surface area contributed by atoms with E-state index in [-0.39, 0.29) is 17.9 Å². The minimum atomic E-state index is -0.737. The number of rotatable bonds is 4. The van der Waals surface area contributed by atoms with Crippen LogP contribution in [0.25, 0.3) is 0 Å². The SMILES string of the molecule is NC(=O)C1CNCCN1c1ccc([N+](=O)[O-])cc1[N+](=O)[O-]. The number of carbonyl (C=O) groups excluding carboxylic acids is 1. The van der Waals surface area contributed by atoms with Crippen molar-refractivity contribution in [1.29, 1.82) is 0 Å². The van der Waals surface area contributed by atoms with E-state index >= 15 is 0 Å². The molecule has 1 atom stereocenters. The number of anilines is 1. The van der Waals surface area contributed by atoms with Gasteiger partial charge in [-0.25, -0.2) is 0 Å². The Morgan fingerprint density at radius 1 is 1.33 bits per heavy atom. The Hall–Kier alpha value is -2.75. The fourth-order valence-electron chi connectivity index (χ4n) is 2.26. The maximum absolute atomic E-state index is 11.5. The lowest BCUT2D eigenvalue weighted by molar-refractivity contribution is -0.393. The molecule has 0 saturated carbocycles. The molecule has 2 rings (SSSR count). The van der Waals surface area contributed by atoms with Gasteiger partial charge in [0.2, 0.25) is 5.91 Å². The smallest absolute Gasteiger partial charge is 0.299 e. The lowest BCUT2D eigenvalue weighted by Crippen LogP contribution is -2.57. The highest BCUT2D eigenvalue weighted by atomic mass is 16.6. The first-order valence-corrected chi connectivity index (χ1v) is 6.11. The number of benzene rings is 1. The van der Waals surface area contributed by atoms with Crippen molar-refractivity contribution in [3.8, 4) is 0 Å². The molecule has 1 aromatic rings. The van der Waals surface area contributed by atoms with Crippen LogP contribution in [0.5, 0.6) is 0 Å². The molecule has 21 heavy (non-hydrogen) atoms. The van der Waals surface area contributed by atoms with Crippen LogP contribution in [0.4, 0.5) is 17.1 Å². The zero-order valence-corrected chi connectivity index (χ0v) is 10.9. The van der Waals surface area contributed by atoms with E-state index in [0.717, 1.165) is 6.07 Å².